The van der Waals surface area contributed by atoms with Crippen molar-refractivity contribution in [2.75, 3.05) is 37.2 Å². The highest BCUT2D eigenvalue weighted by Crippen LogP contribution is 2.41. The van der Waals surface area contributed by atoms with Gasteiger partial charge in [-0.15, -0.1) is 0 Å². The lowest BCUT2D eigenvalue weighted by Crippen LogP contribution is -2.41. The minimum absolute atomic E-state index is 0.135. The highest BCUT2D eigenvalue weighted by molar-refractivity contribution is 7.92. The van der Waals surface area contributed by atoms with Gasteiger partial charge in [0.05, 0.1) is 0 Å². The Labute approximate surface area is 168 Å². The van der Waals surface area contributed by atoms with E-state index in [2.05, 4.69) is 5.32 Å². The van der Waals surface area contributed by atoms with Gasteiger partial charge in [-0.05, 0) is 38.1 Å². The average molecular weight is 429 g/mol. The molecule has 0 saturated carbocycles. The molecule has 3 aliphatic rings. The van der Waals surface area contributed by atoms with Gasteiger partial charge >= 0.3 is 10.2 Å². The molecule has 0 radical (unpaired) electrons. The monoisotopic (exact) mass is 429 g/mol. The number of hydrogen-bond donors (Lipinski definition) is 3. The third kappa shape index (κ3) is 4.12. The third-order valence-corrected chi connectivity index (χ3v) is 6.94. The van der Waals surface area contributed by atoms with Gasteiger partial charge in [-0.2, -0.15) is 8.42 Å². The van der Waals surface area contributed by atoms with E-state index in [9.17, 15) is 18.3 Å². The highest BCUT2D eigenvalue weighted by Gasteiger charge is 2.39. The molecule has 0 aliphatic carbocycles. The van der Waals surface area contributed by atoms with Gasteiger partial charge in [-0.3, -0.25) is 4.79 Å². The summed E-state index contributed by atoms with van der Waals surface area (Å²) in [5.74, 6) is -1.48. The van der Waals surface area contributed by atoms with Crippen molar-refractivity contribution in [3.8, 4) is 11.5 Å². The summed E-state index contributed by atoms with van der Waals surface area (Å²) in [5.41, 5.74) is -0.351. The molecular formula is C18H24FN3O6S. The quantitative estimate of drug-likeness (QED) is 0.621. The lowest BCUT2D eigenvalue weighted by atomic mass is 9.96. The predicted molar refractivity (Wildman–Crippen MR) is 102 cm³/mol. The maximum Gasteiger partial charge on any atom is 0.326 e. The fourth-order valence-corrected chi connectivity index (χ4v) is 5.16. The van der Waals surface area contributed by atoms with Crippen molar-refractivity contribution in [2.45, 2.75) is 31.7 Å². The maximum absolute atomic E-state index is 15.2. The second-order valence-corrected chi connectivity index (χ2v) is 9.18. The van der Waals surface area contributed by atoms with Crippen LogP contribution in [0.15, 0.2) is 6.07 Å². The normalized spacial score (nSPS) is 24.1. The second kappa shape index (κ2) is 7.96. The van der Waals surface area contributed by atoms with E-state index in [0.29, 0.717) is 16.8 Å². The lowest BCUT2D eigenvalue weighted by Gasteiger charge is -2.29. The first-order valence-corrected chi connectivity index (χ1v) is 11.1. The Kier molecular flexibility index (Phi) is 5.54. The first-order chi connectivity index (χ1) is 13.8. The Morgan fingerprint density at radius 2 is 2.10 bits per heavy atom. The number of carbonyl (C=O) groups is 1. The van der Waals surface area contributed by atoms with Gasteiger partial charge in [0.25, 0.3) is 5.91 Å². The van der Waals surface area contributed by atoms with Gasteiger partial charge in [0.15, 0.2) is 5.82 Å². The Hall–Kier alpha value is -2.11. The molecule has 160 valence electrons. The van der Waals surface area contributed by atoms with Crippen LogP contribution < -0.4 is 19.1 Å². The molecule has 0 bridgehead atoms. The molecule has 1 atom stereocenters. The van der Waals surface area contributed by atoms with Gasteiger partial charge < -0.3 is 19.9 Å². The molecule has 2 fully saturated rings. The standard InChI is InChI=1S/C18H24FN3O6S/c19-17-13-7-12(20-4-1-11-2-5-27-6-3-11)10-28-15(13)8-14(23)18(17)22-9-16(24)21-29(22,25)26/h8,11-12,20,23H,1-7,9-10H2,(H,21,24). The number of rotatable bonds is 5. The number of aromatic hydroxyl groups is 1. The Bertz CT molecular complexity index is 903. The van der Waals surface area contributed by atoms with Crippen LogP contribution in [0.1, 0.15) is 24.8 Å². The molecule has 2 saturated heterocycles. The first-order valence-electron chi connectivity index (χ1n) is 9.66. The summed E-state index contributed by atoms with van der Waals surface area (Å²) in [6.45, 7) is 2.08. The van der Waals surface area contributed by atoms with E-state index in [1.54, 1.807) is 4.72 Å². The average Bonchev–Trinajstić information content (AvgIpc) is 2.95. The summed E-state index contributed by atoms with van der Waals surface area (Å²) in [7, 11) is -4.23. The zero-order chi connectivity index (χ0) is 20.6. The van der Waals surface area contributed by atoms with E-state index >= 15 is 4.39 Å². The summed E-state index contributed by atoms with van der Waals surface area (Å²) in [5, 5.41) is 13.6. The van der Waals surface area contributed by atoms with Crippen LogP contribution in [0.5, 0.6) is 11.5 Å². The van der Waals surface area contributed by atoms with Crippen LogP contribution in [0.2, 0.25) is 0 Å². The SMILES string of the molecule is O=C1CN(c2c(O)cc3c(c2F)CC(NCCC2CCOCC2)CO3)S(=O)(=O)N1. The highest BCUT2D eigenvalue weighted by atomic mass is 32.2. The number of nitrogens with one attached hydrogen (secondary N) is 2. The van der Waals surface area contributed by atoms with Crippen molar-refractivity contribution in [3.05, 3.63) is 17.4 Å². The molecule has 3 N–H and O–H groups in total. The third-order valence-electron chi connectivity index (χ3n) is 5.57. The number of phenols is 1. The zero-order valence-electron chi connectivity index (χ0n) is 15.8. The number of fused-ring (bicyclic) bond motifs is 1. The van der Waals surface area contributed by atoms with Crippen LogP contribution in [0.25, 0.3) is 0 Å². The van der Waals surface area contributed by atoms with Gasteiger partial charge in [-0.25, -0.2) is 13.4 Å². The van der Waals surface area contributed by atoms with Crippen molar-refractivity contribution in [3.63, 3.8) is 0 Å². The predicted octanol–water partition coefficient (Wildman–Crippen LogP) is 0.422. The number of benzene rings is 1. The van der Waals surface area contributed by atoms with E-state index in [1.165, 1.54) is 6.07 Å². The van der Waals surface area contributed by atoms with Crippen molar-refractivity contribution in [2.24, 2.45) is 5.92 Å². The Balaban J connectivity index is 1.48. The smallest absolute Gasteiger partial charge is 0.326 e. The Morgan fingerprint density at radius 3 is 2.79 bits per heavy atom. The molecule has 29 heavy (non-hydrogen) atoms. The summed E-state index contributed by atoms with van der Waals surface area (Å²) in [6, 6.07) is 1.06. The van der Waals surface area contributed by atoms with Crippen LogP contribution >= 0.6 is 0 Å². The largest absolute Gasteiger partial charge is 0.505 e. The summed E-state index contributed by atoms with van der Waals surface area (Å²) in [6.07, 6.45) is 3.37. The van der Waals surface area contributed by atoms with E-state index in [1.807, 2.05) is 0 Å². The molecule has 1 aromatic rings. The van der Waals surface area contributed by atoms with E-state index in [0.717, 1.165) is 39.0 Å². The molecule has 3 aliphatic heterocycles. The van der Waals surface area contributed by atoms with Gasteiger partial charge in [0.1, 0.15) is 30.3 Å². The van der Waals surface area contributed by atoms with E-state index in [4.69, 9.17) is 9.47 Å². The van der Waals surface area contributed by atoms with Crippen molar-refractivity contribution in [1.29, 1.82) is 0 Å². The number of carbonyl (C=O) groups excluding carboxylic acids is 1. The Morgan fingerprint density at radius 1 is 1.34 bits per heavy atom. The maximum atomic E-state index is 15.2. The van der Waals surface area contributed by atoms with Crippen LogP contribution in [0, 0.1) is 11.7 Å². The molecule has 9 nitrogen and oxygen atoms in total. The molecule has 0 aromatic heterocycles. The fourth-order valence-electron chi connectivity index (χ4n) is 4.00. The zero-order valence-corrected chi connectivity index (χ0v) is 16.6. The number of phenolic OH excluding ortho intramolecular Hbond substituents is 1. The number of ether oxygens (including phenoxy) is 2. The number of anilines is 1. The molecule has 1 unspecified atom stereocenters. The molecule has 4 rings (SSSR count). The van der Waals surface area contributed by atoms with Crippen LogP contribution in [0.3, 0.4) is 0 Å². The van der Waals surface area contributed by atoms with Crippen molar-refractivity contribution in [1.82, 2.24) is 10.0 Å². The van der Waals surface area contributed by atoms with Crippen LogP contribution in [-0.4, -0.2) is 58.4 Å². The molecule has 0 spiro atoms. The van der Waals surface area contributed by atoms with Crippen molar-refractivity contribution >= 4 is 21.8 Å². The minimum Gasteiger partial charge on any atom is -0.505 e. The first kappa shape index (κ1) is 20.2. The van der Waals surface area contributed by atoms with E-state index in [-0.39, 0.29) is 23.8 Å². The second-order valence-electron chi connectivity index (χ2n) is 7.58. The van der Waals surface area contributed by atoms with Gasteiger partial charge in [0, 0.05) is 30.9 Å². The number of halogens is 1. The molecule has 3 heterocycles. The van der Waals surface area contributed by atoms with E-state index < -0.39 is 39.9 Å². The molecule has 1 amide bonds. The summed E-state index contributed by atoms with van der Waals surface area (Å²) >= 11 is 0. The number of amides is 1. The molecule has 1 aromatic carbocycles. The van der Waals surface area contributed by atoms with Gasteiger partial charge in [0.2, 0.25) is 0 Å². The summed E-state index contributed by atoms with van der Waals surface area (Å²) < 4.78 is 52.6. The molecular weight excluding hydrogens is 405 g/mol. The topological polar surface area (TPSA) is 117 Å². The fraction of sp³-hybridized carbons (Fsp3) is 0.611. The van der Waals surface area contributed by atoms with Gasteiger partial charge in [-0.1, -0.05) is 0 Å². The van der Waals surface area contributed by atoms with Crippen LogP contribution in [-0.2, 0) is 26.2 Å². The summed E-state index contributed by atoms with van der Waals surface area (Å²) in [4.78, 5) is 11.5. The lowest BCUT2D eigenvalue weighted by molar-refractivity contribution is -0.117. The van der Waals surface area contributed by atoms with Crippen molar-refractivity contribution < 1.29 is 32.2 Å². The number of nitrogens with zero attached hydrogens (tertiary/aromatic N) is 1. The molecule has 11 heteroatoms. The number of hydrogen-bond acceptors (Lipinski definition) is 7. The van der Waals surface area contributed by atoms with Crippen LogP contribution in [0.4, 0.5) is 10.1 Å². The minimum atomic E-state index is -4.23.